The molecule has 0 aliphatic carbocycles. The fourth-order valence-corrected chi connectivity index (χ4v) is 2.48. The van der Waals surface area contributed by atoms with Gasteiger partial charge in [-0.15, -0.1) is 0 Å². The molecule has 3 nitrogen and oxygen atoms in total. The summed E-state index contributed by atoms with van der Waals surface area (Å²) in [7, 11) is 0. The van der Waals surface area contributed by atoms with Crippen molar-refractivity contribution in [1.82, 2.24) is 5.32 Å². The summed E-state index contributed by atoms with van der Waals surface area (Å²) in [5.74, 6) is 0.698. The molecule has 1 atom stereocenters. The fraction of sp³-hybridized carbons (Fsp3) is 0.381. The van der Waals surface area contributed by atoms with Crippen molar-refractivity contribution in [3.8, 4) is 5.75 Å². The number of carbonyl (C=O) groups excluding carboxylic acids is 1. The zero-order valence-electron chi connectivity index (χ0n) is 14.8. The van der Waals surface area contributed by atoms with Crippen LogP contribution in [-0.4, -0.2) is 18.6 Å². The van der Waals surface area contributed by atoms with Crippen LogP contribution in [0.25, 0.3) is 0 Å². The maximum atomic E-state index is 12.3. The van der Waals surface area contributed by atoms with E-state index in [1.807, 2.05) is 38.1 Å². The monoisotopic (exact) mass is 325 g/mol. The number of carbonyl (C=O) groups is 1. The van der Waals surface area contributed by atoms with Gasteiger partial charge in [0.15, 0.2) is 6.10 Å². The first-order valence-corrected chi connectivity index (χ1v) is 8.65. The predicted octanol–water partition coefficient (Wildman–Crippen LogP) is 4.21. The van der Waals surface area contributed by atoms with Crippen LogP contribution in [0.5, 0.6) is 5.75 Å². The summed E-state index contributed by atoms with van der Waals surface area (Å²) in [6.07, 6.45) is 2.11. The highest BCUT2D eigenvalue weighted by Crippen LogP contribution is 2.14. The van der Waals surface area contributed by atoms with Crippen LogP contribution in [0.3, 0.4) is 0 Å². The van der Waals surface area contributed by atoms with E-state index >= 15 is 0 Å². The zero-order chi connectivity index (χ0) is 17.4. The number of aryl methyl sites for hydroxylation is 3. The highest BCUT2D eigenvalue weighted by atomic mass is 16.5. The van der Waals surface area contributed by atoms with Gasteiger partial charge in [-0.3, -0.25) is 4.79 Å². The molecule has 3 heteroatoms. The Labute approximate surface area is 145 Å². The minimum absolute atomic E-state index is 0.0398. The summed E-state index contributed by atoms with van der Waals surface area (Å²) < 4.78 is 5.80. The SMILES string of the molecule is CCC(Oc1ccc(C)cc1)C(=O)NCCCc1ccc(C)cc1. The zero-order valence-corrected chi connectivity index (χ0v) is 14.8. The van der Waals surface area contributed by atoms with E-state index in [2.05, 4.69) is 36.5 Å². The lowest BCUT2D eigenvalue weighted by Gasteiger charge is -2.17. The van der Waals surface area contributed by atoms with Gasteiger partial charge in [-0.2, -0.15) is 0 Å². The molecule has 1 N–H and O–H groups in total. The molecule has 0 aliphatic heterocycles. The van der Waals surface area contributed by atoms with Gasteiger partial charge < -0.3 is 10.1 Å². The molecule has 2 aromatic carbocycles. The van der Waals surface area contributed by atoms with Gasteiger partial charge in [0.05, 0.1) is 0 Å². The molecule has 0 heterocycles. The molecule has 2 rings (SSSR count). The maximum absolute atomic E-state index is 12.3. The van der Waals surface area contributed by atoms with E-state index in [1.165, 1.54) is 16.7 Å². The number of amides is 1. The molecular weight excluding hydrogens is 298 g/mol. The average Bonchev–Trinajstić information content (AvgIpc) is 2.59. The second-order valence-corrected chi connectivity index (χ2v) is 6.21. The van der Waals surface area contributed by atoms with Gasteiger partial charge in [0.1, 0.15) is 5.75 Å². The Morgan fingerprint density at radius 2 is 1.58 bits per heavy atom. The van der Waals surface area contributed by atoms with Crippen LogP contribution in [-0.2, 0) is 11.2 Å². The minimum Gasteiger partial charge on any atom is -0.481 e. The summed E-state index contributed by atoms with van der Waals surface area (Å²) in [6.45, 7) is 6.75. The second-order valence-electron chi connectivity index (χ2n) is 6.21. The van der Waals surface area contributed by atoms with Crippen molar-refractivity contribution in [2.75, 3.05) is 6.54 Å². The van der Waals surface area contributed by atoms with Crippen LogP contribution in [0.2, 0.25) is 0 Å². The van der Waals surface area contributed by atoms with Gasteiger partial charge in [-0.05, 0) is 50.8 Å². The fourth-order valence-electron chi connectivity index (χ4n) is 2.48. The summed E-state index contributed by atoms with van der Waals surface area (Å²) >= 11 is 0. The number of nitrogens with one attached hydrogen (secondary N) is 1. The molecule has 2 aromatic rings. The van der Waals surface area contributed by atoms with Crippen molar-refractivity contribution in [2.45, 2.75) is 46.1 Å². The maximum Gasteiger partial charge on any atom is 0.261 e. The van der Waals surface area contributed by atoms with Crippen LogP contribution < -0.4 is 10.1 Å². The third kappa shape index (κ3) is 5.73. The Balaban J connectivity index is 1.75. The predicted molar refractivity (Wildman–Crippen MR) is 98.4 cm³/mol. The van der Waals surface area contributed by atoms with Crippen LogP contribution in [0.1, 0.15) is 36.5 Å². The van der Waals surface area contributed by atoms with Crippen LogP contribution in [0, 0.1) is 13.8 Å². The molecule has 24 heavy (non-hydrogen) atoms. The van der Waals surface area contributed by atoms with Crippen LogP contribution in [0.15, 0.2) is 48.5 Å². The molecule has 0 radical (unpaired) electrons. The third-order valence-electron chi connectivity index (χ3n) is 4.02. The van der Waals surface area contributed by atoms with E-state index in [4.69, 9.17) is 4.74 Å². The molecule has 0 aromatic heterocycles. The number of benzene rings is 2. The van der Waals surface area contributed by atoms with Gasteiger partial charge in [0.2, 0.25) is 0 Å². The van der Waals surface area contributed by atoms with E-state index < -0.39 is 6.10 Å². The molecule has 128 valence electrons. The molecular formula is C21H27NO2. The van der Waals surface area contributed by atoms with Crippen molar-refractivity contribution >= 4 is 5.91 Å². The molecule has 0 aliphatic rings. The van der Waals surface area contributed by atoms with E-state index in [-0.39, 0.29) is 5.91 Å². The number of hydrogen-bond donors (Lipinski definition) is 1. The smallest absolute Gasteiger partial charge is 0.261 e. The quantitative estimate of drug-likeness (QED) is 0.738. The van der Waals surface area contributed by atoms with Crippen molar-refractivity contribution in [2.24, 2.45) is 0 Å². The van der Waals surface area contributed by atoms with Gasteiger partial charge in [0.25, 0.3) is 5.91 Å². The molecule has 1 amide bonds. The minimum atomic E-state index is -0.438. The van der Waals surface area contributed by atoms with Crippen LogP contribution >= 0.6 is 0 Å². The Bertz CT molecular complexity index is 632. The summed E-state index contributed by atoms with van der Waals surface area (Å²) in [5.41, 5.74) is 3.75. The highest BCUT2D eigenvalue weighted by Gasteiger charge is 2.17. The van der Waals surface area contributed by atoms with Crippen molar-refractivity contribution < 1.29 is 9.53 Å². The van der Waals surface area contributed by atoms with E-state index in [0.717, 1.165) is 18.6 Å². The van der Waals surface area contributed by atoms with Gasteiger partial charge in [-0.1, -0.05) is 54.4 Å². The lowest BCUT2D eigenvalue weighted by Crippen LogP contribution is -2.38. The van der Waals surface area contributed by atoms with Gasteiger partial charge >= 0.3 is 0 Å². The second kappa shape index (κ2) is 9.11. The molecule has 1 unspecified atom stereocenters. The standard InChI is InChI=1S/C21H27NO2/c1-4-20(24-19-13-9-17(3)10-14-19)21(23)22-15-5-6-18-11-7-16(2)8-12-18/h7-14,20H,4-6,15H2,1-3H3,(H,22,23). The summed E-state index contributed by atoms with van der Waals surface area (Å²) in [6, 6.07) is 16.3. The van der Waals surface area contributed by atoms with E-state index in [9.17, 15) is 4.79 Å². The van der Waals surface area contributed by atoms with Crippen LogP contribution in [0.4, 0.5) is 0 Å². The molecule has 0 fully saturated rings. The van der Waals surface area contributed by atoms with Crippen molar-refractivity contribution in [3.05, 3.63) is 65.2 Å². The molecule has 0 bridgehead atoms. The Morgan fingerprint density at radius 3 is 2.17 bits per heavy atom. The highest BCUT2D eigenvalue weighted by molar-refractivity contribution is 5.81. The summed E-state index contributed by atoms with van der Waals surface area (Å²) in [5, 5.41) is 2.98. The van der Waals surface area contributed by atoms with E-state index in [0.29, 0.717) is 13.0 Å². The first kappa shape index (κ1) is 18.1. The lowest BCUT2D eigenvalue weighted by molar-refractivity contribution is -0.128. The Morgan fingerprint density at radius 1 is 1.00 bits per heavy atom. The van der Waals surface area contributed by atoms with Crippen molar-refractivity contribution in [1.29, 1.82) is 0 Å². The molecule has 0 spiro atoms. The van der Waals surface area contributed by atoms with Crippen molar-refractivity contribution in [3.63, 3.8) is 0 Å². The number of rotatable bonds is 8. The molecule has 0 saturated heterocycles. The Hall–Kier alpha value is -2.29. The Kier molecular flexibility index (Phi) is 6.86. The van der Waals surface area contributed by atoms with Gasteiger partial charge in [-0.25, -0.2) is 0 Å². The number of hydrogen-bond acceptors (Lipinski definition) is 2. The number of ether oxygens (including phenoxy) is 1. The first-order valence-electron chi connectivity index (χ1n) is 8.65. The third-order valence-corrected chi connectivity index (χ3v) is 4.02. The lowest BCUT2D eigenvalue weighted by atomic mass is 10.1. The average molecular weight is 325 g/mol. The molecule has 0 saturated carbocycles. The normalized spacial score (nSPS) is 11.8. The summed E-state index contributed by atoms with van der Waals surface area (Å²) in [4.78, 5) is 12.3. The van der Waals surface area contributed by atoms with E-state index in [1.54, 1.807) is 0 Å². The first-order chi connectivity index (χ1) is 11.6. The topological polar surface area (TPSA) is 38.3 Å². The van der Waals surface area contributed by atoms with Gasteiger partial charge in [0, 0.05) is 6.54 Å². The largest absolute Gasteiger partial charge is 0.481 e.